The van der Waals surface area contributed by atoms with Gasteiger partial charge >= 0.3 is 0 Å². The van der Waals surface area contributed by atoms with Crippen LogP contribution in [0.4, 0.5) is 0 Å². The average molecular weight is 414 g/mol. The van der Waals surface area contributed by atoms with Gasteiger partial charge in [-0.15, -0.1) is 0 Å². The fraction of sp³-hybridized carbons (Fsp3) is 0.611. The van der Waals surface area contributed by atoms with Gasteiger partial charge in [0.1, 0.15) is 12.4 Å². The van der Waals surface area contributed by atoms with Gasteiger partial charge in [0, 0.05) is 31.3 Å². The Hall–Kier alpha value is -1.31. The number of benzene rings is 1. The molecule has 0 bridgehead atoms. The van der Waals surface area contributed by atoms with Gasteiger partial charge in [-0.3, -0.25) is 4.99 Å². The van der Waals surface area contributed by atoms with Crippen molar-refractivity contribution >= 4 is 21.9 Å². The fourth-order valence-electron chi connectivity index (χ4n) is 2.49. The number of halogens is 1. The van der Waals surface area contributed by atoms with Crippen LogP contribution in [-0.2, 0) is 9.47 Å². The first-order valence-electron chi connectivity index (χ1n) is 8.80. The number of aliphatic imine (C=N–C) groups is 1. The number of hydrogen-bond acceptors (Lipinski definition) is 4. The van der Waals surface area contributed by atoms with Crippen molar-refractivity contribution in [3.05, 3.63) is 28.7 Å². The Bertz CT molecular complexity index is 522. The lowest BCUT2D eigenvalue weighted by Gasteiger charge is -2.13. The number of nitrogens with zero attached hydrogens (tertiary/aromatic N) is 1. The molecule has 1 unspecified atom stereocenters. The minimum Gasteiger partial charge on any atom is -0.492 e. The number of guanidine groups is 1. The molecular weight excluding hydrogens is 386 g/mol. The van der Waals surface area contributed by atoms with Crippen molar-refractivity contribution in [2.45, 2.75) is 25.4 Å². The van der Waals surface area contributed by atoms with Crippen molar-refractivity contribution in [2.75, 3.05) is 46.6 Å². The van der Waals surface area contributed by atoms with Crippen LogP contribution in [0.15, 0.2) is 33.7 Å². The Morgan fingerprint density at radius 1 is 1.32 bits per heavy atom. The molecule has 1 aliphatic rings. The molecule has 0 amide bonds. The minimum atomic E-state index is 0.299. The van der Waals surface area contributed by atoms with E-state index in [2.05, 4.69) is 31.6 Å². The number of nitrogens with one attached hydrogen (secondary N) is 2. The molecule has 0 spiro atoms. The van der Waals surface area contributed by atoms with E-state index >= 15 is 0 Å². The molecule has 1 aromatic rings. The zero-order valence-electron chi connectivity index (χ0n) is 14.8. The lowest BCUT2D eigenvalue weighted by molar-refractivity contribution is 0.0168. The number of hydrogen-bond donors (Lipinski definition) is 2. The molecule has 140 valence electrons. The summed E-state index contributed by atoms with van der Waals surface area (Å²) in [5, 5.41) is 6.50. The number of ether oxygens (including phenoxy) is 3. The van der Waals surface area contributed by atoms with Crippen LogP contribution in [0.1, 0.15) is 19.3 Å². The minimum absolute atomic E-state index is 0.299. The molecule has 2 N–H and O–H groups in total. The zero-order chi connectivity index (χ0) is 17.7. The van der Waals surface area contributed by atoms with Crippen LogP contribution in [0.3, 0.4) is 0 Å². The third-order valence-electron chi connectivity index (χ3n) is 3.77. The molecule has 0 aliphatic carbocycles. The van der Waals surface area contributed by atoms with Crippen LogP contribution < -0.4 is 15.4 Å². The molecule has 1 aromatic carbocycles. The topological polar surface area (TPSA) is 64.1 Å². The summed E-state index contributed by atoms with van der Waals surface area (Å²) in [4.78, 5) is 4.20. The summed E-state index contributed by atoms with van der Waals surface area (Å²) >= 11 is 3.43. The molecule has 7 heteroatoms. The van der Waals surface area contributed by atoms with Crippen molar-refractivity contribution in [3.63, 3.8) is 0 Å². The lowest BCUT2D eigenvalue weighted by Crippen LogP contribution is -2.39. The van der Waals surface area contributed by atoms with E-state index in [-0.39, 0.29) is 0 Å². The quantitative estimate of drug-likeness (QED) is 0.350. The van der Waals surface area contributed by atoms with Gasteiger partial charge in [-0.25, -0.2) is 0 Å². The summed E-state index contributed by atoms with van der Waals surface area (Å²) in [7, 11) is 1.76. The monoisotopic (exact) mass is 413 g/mol. The molecule has 1 saturated heterocycles. The normalized spacial score (nSPS) is 17.5. The van der Waals surface area contributed by atoms with Crippen LogP contribution >= 0.6 is 15.9 Å². The summed E-state index contributed by atoms with van der Waals surface area (Å²) in [6.45, 7) is 4.39. The van der Waals surface area contributed by atoms with E-state index in [9.17, 15) is 0 Å². The second kappa shape index (κ2) is 12.1. The van der Waals surface area contributed by atoms with Gasteiger partial charge in [0.25, 0.3) is 0 Å². The fourth-order valence-corrected chi connectivity index (χ4v) is 2.87. The molecule has 1 atom stereocenters. The summed E-state index contributed by atoms with van der Waals surface area (Å²) in [6, 6.07) is 7.81. The maximum absolute atomic E-state index is 5.68. The molecule has 0 aromatic heterocycles. The maximum atomic E-state index is 5.68. The van der Waals surface area contributed by atoms with Gasteiger partial charge in [-0.1, -0.05) is 22.0 Å². The molecular formula is C18H28BrN3O3. The Morgan fingerprint density at radius 2 is 2.20 bits per heavy atom. The Kier molecular flexibility index (Phi) is 9.69. The van der Waals surface area contributed by atoms with Gasteiger partial charge in [-0.05, 0) is 37.5 Å². The van der Waals surface area contributed by atoms with E-state index in [1.807, 2.05) is 24.3 Å². The van der Waals surface area contributed by atoms with Crippen LogP contribution in [0.2, 0.25) is 0 Å². The molecule has 1 fully saturated rings. The average Bonchev–Trinajstić information content (AvgIpc) is 3.13. The van der Waals surface area contributed by atoms with E-state index in [4.69, 9.17) is 14.2 Å². The molecule has 2 rings (SSSR count). The third-order valence-corrected chi connectivity index (χ3v) is 4.26. The highest BCUT2D eigenvalue weighted by atomic mass is 79.9. The van der Waals surface area contributed by atoms with Gasteiger partial charge in [-0.2, -0.15) is 0 Å². The maximum Gasteiger partial charge on any atom is 0.191 e. The summed E-state index contributed by atoms with van der Waals surface area (Å²) in [6.07, 6.45) is 3.51. The van der Waals surface area contributed by atoms with E-state index in [0.29, 0.717) is 25.9 Å². The van der Waals surface area contributed by atoms with E-state index < -0.39 is 0 Å². The molecule has 1 aliphatic heterocycles. The standard InChI is InChI=1S/C18H28BrN3O3/c1-20-18(21-8-4-10-23-14-17-7-3-11-24-17)22-9-12-25-16-6-2-5-15(19)13-16/h2,5-6,13,17H,3-4,7-12,14H2,1H3,(H2,20,21,22). The summed E-state index contributed by atoms with van der Waals surface area (Å²) in [5.74, 6) is 1.62. The van der Waals surface area contributed by atoms with Crippen LogP contribution in [0, 0.1) is 0 Å². The molecule has 0 radical (unpaired) electrons. The van der Waals surface area contributed by atoms with E-state index in [0.717, 1.165) is 55.2 Å². The second-order valence-electron chi connectivity index (χ2n) is 5.80. The second-order valence-corrected chi connectivity index (χ2v) is 6.71. The molecule has 25 heavy (non-hydrogen) atoms. The largest absolute Gasteiger partial charge is 0.492 e. The molecule has 6 nitrogen and oxygen atoms in total. The Balaban J connectivity index is 1.47. The van der Waals surface area contributed by atoms with Crippen molar-refractivity contribution in [3.8, 4) is 5.75 Å². The van der Waals surface area contributed by atoms with Crippen LogP contribution in [0.25, 0.3) is 0 Å². The summed E-state index contributed by atoms with van der Waals surface area (Å²) in [5.41, 5.74) is 0. The zero-order valence-corrected chi connectivity index (χ0v) is 16.4. The van der Waals surface area contributed by atoms with Gasteiger partial charge in [0.05, 0.1) is 19.3 Å². The van der Waals surface area contributed by atoms with Crippen molar-refractivity contribution < 1.29 is 14.2 Å². The van der Waals surface area contributed by atoms with Crippen molar-refractivity contribution in [1.29, 1.82) is 0 Å². The van der Waals surface area contributed by atoms with Gasteiger partial charge < -0.3 is 24.8 Å². The highest BCUT2D eigenvalue weighted by Gasteiger charge is 2.14. The number of rotatable bonds is 10. The van der Waals surface area contributed by atoms with Crippen LogP contribution in [-0.4, -0.2) is 58.6 Å². The third kappa shape index (κ3) is 8.56. The first-order chi connectivity index (χ1) is 12.3. The predicted octanol–water partition coefficient (Wildman–Crippen LogP) is 2.58. The summed E-state index contributed by atoms with van der Waals surface area (Å²) < 4.78 is 17.9. The SMILES string of the molecule is CN=C(NCCCOCC1CCCO1)NCCOc1cccc(Br)c1. The first-order valence-corrected chi connectivity index (χ1v) is 9.59. The predicted molar refractivity (Wildman–Crippen MR) is 103 cm³/mol. The first kappa shape index (κ1) is 20.0. The highest BCUT2D eigenvalue weighted by molar-refractivity contribution is 9.10. The molecule has 0 saturated carbocycles. The lowest BCUT2D eigenvalue weighted by atomic mass is 10.2. The van der Waals surface area contributed by atoms with Gasteiger partial charge in [0.2, 0.25) is 0 Å². The van der Waals surface area contributed by atoms with Gasteiger partial charge in [0.15, 0.2) is 5.96 Å². The van der Waals surface area contributed by atoms with Crippen molar-refractivity contribution in [2.24, 2.45) is 4.99 Å². The highest BCUT2D eigenvalue weighted by Crippen LogP contribution is 2.17. The smallest absolute Gasteiger partial charge is 0.191 e. The van der Waals surface area contributed by atoms with Crippen LogP contribution in [0.5, 0.6) is 5.75 Å². The Labute approximate surface area is 158 Å². The Morgan fingerprint density at radius 3 is 2.96 bits per heavy atom. The molecule has 1 heterocycles. The van der Waals surface area contributed by atoms with E-state index in [1.54, 1.807) is 7.05 Å². The van der Waals surface area contributed by atoms with Crippen molar-refractivity contribution in [1.82, 2.24) is 10.6 Å². The van der Waals surface area contributed by atoms with E-state index in [1.165, 1.54) is 0 Å².